The number of hydrogen-bond donors (Lipinski definition) is 1. The molecule has 3 aromatic carbocycles. The maximum Gasteiger partial charge on any atom is 0.225 e. The molecule has 2 aliphatic heterocycles. The van der Waals surface area contributed by atoms with Gasteiger partial charge < -0.3 is 24.6 Å². The third-order valence-electron chi connectivity index (χ3n) is 7.27. The molecule has 0 radical (unpaired) electrons. The van der Waals surface area contributed by atoms with E-state index in [1.54, 1.807) is 14.2 Å². The summed E-state index contributed by atoms with van der Waals surface area (Å²) >= 11 is 0. The number of para-hydroxylation sites is 1. The van der Waals surface area contributed by atoms with Gasteiger partial charge in [0.2, 0.25) is 5.91 Å². The summed E-state index contributed by atoms with van der Waals surface area (Å²) in [5.74, 6) is 1.74. The number of rotatable bonds is 7. The molecule has 1 N–H and O–H groups in total. The van der Waals surface area contributed by atoms with Crippen LogP contribution in [0.1, 0.15) is 11.1 Å². The SMILES string of the molecule is COc1ccc(CCNC(=O)C2Cc3ccccc3N3CCN(c4ccc(OC)cc4)CC23)cc1. The van der Waals surface area contributed by atoms with Crippen LogP contribution in [0.3, 0.4) is 0 Å². The second kappa shape index (κ2) is 10.3. The van der Waals surface area contributed by atoms with Gasteiger partial charge in [0.1, 0.15) is 11.5 Å². The van der Waals surface area contributed by atoms with E-state index in [1.165, 1.54) is 22.5 Å². The minimum Gasteiger partial charge on any atom is -0.497 e. The summed E-state index contributed by atoms with van der Waals surface area (Å²) in [6, 6.07) is 24.9. The number of anilines is 2. The zero-order chi connectivity index (χ0) is 24.2. The van der Waals surface area contributed by atoms with Gasteiger partial charge in [0.25, 0.3) is 0 Å². The lowest BCUT2D eigenvalue weighted by molar-refractivity contribution is -0.125. The number of ether oxygens (including phenoxy) is 2. The highest BCUT2D eigenvalue weighted by Crippen LogP contribution is 2.37. The molecular weight excluding hydrogens is 438 g/mol. The van der Waals surface area contributed by atoms with Gasteiger partial charge in [-0.15, -0.1) is 0 Å². The van der Waals surface area contributed by atoms with Gasteiger partial charge in [-0.2, -0.15) is 0 Å². The molecule has 0 spiro atoms. The predicted octanol–water partition coefficient (Wildman–Crippen LogP) is 3.93. The van der Waals surface area contributed by atoms with Crippen molar-refractivity contribution < 1.29 is 14.3 Å². The maximum atomic E-state index is 13.5. The molecular formula is C29H33N3O3. The van der Waals surface area contributed by atoms with E-state index in [-0.39, 0.29) is 17.9 Å². The molecule has 2 aliphatic rings. The zero-order valence-electron chi connectivity index (χ0n) is 20.4. The fraction of sp³-hybridized carbons (Fsp3) is 0.345. The molecule has 0 aromatic heterocycles. The Morgan fingerprint density at radius 3 is 2.31 bits per heavy atom. The van der Waals surface area contributed by atoms with Crippen LogP contribution in [0.15, 0.2) is 72.8 Å². The van der Waals surface area contributed by atoms with Crippen molar-refractivity contribution in [3.63, 3.8) is 0 Å². The standard InChI is InChI=1S/C29H33N3O3/c1-34-24-11-7-21(8-12-24)15-16-30-29(33)26-19-22-5-3-4-6-27(22)32-18-17-31(20-28(26)32)23-9-13-25(35-2)14-10-23/h3-14,26,28H,15-20H2,1-2H3,(H,30,33). The first-order valence-electron chi connectivity index (χ1n) is 12.3. The predicted molar refractivity (Wildman–Crippen MR) is 140 cm³/mol. The number of carbonyl (C=O) groups excluding carboxylic acids is 1. The lowest BCUT2D eigenvalue weighted by atomic mass is 9.83. The Hall–Kier alpha value is -3.67. The van der Waals surface area contributed by atoms with E-state index < -0.39 is 0 Å². The second-order valence-electron chi connectivity index (χ2n) is 9.23. The number of methoxy groups -OCH3 is 2. The number of carbonyl (C=O) groups is 1. The first-order chi connectivity index (χ1) is 17.2. The van der Waals surface area contributed by atoms with E-state index in [1.807, 2.05) is 24.3 Å². The minimum absolute atomic E-state index is 0.0955. The molecule has 0 saturated carbocycles. The van der Waals surface area contributed by atoms with Crippen molar-refractivity contribution in [2.24, 2.45) is 5.92 Å². The fourth-order valence-corrected chi connectivity index (χ4v) is 5.34. The van der Waals surface area contributed by atoms with Crippen LogP contribution in [-0.4, -0.2) is 52.3 Å². The average molecular weight is 472 g/mol. The van der Waals surface area contributed by atoms with E-state index in [2.05, 4.69) is 63.6 Å². The Morgan fingerprint density at radius 2 is 1.60 bits per heavy atom. The molecule has 2 heterocycles. The Balaban J connectivity index is 1.30. The van der Waals surface area contributed by atoms with Crippen LogP contribution in [0, 0.1) is 5.92 Å². The van der Waals surface area contributed by atoms with Gasteiger partial charge in [0.05, 0.1) is 26.2 Å². The van der Waals surface area contributed by atoms with E-state index in [9.17, 15) is 4.79 Å². The highest BCUT2D eigenvalue weighted by molar-refractivity contribution is 5.82. The number of amides is 1. The van der Waals surface area contributed by atoms with Crippen LogP contribution in [0.2, 0.25) is 0 Å². The molecule has 6 heteroatoms. The zero-order valence-corrected chi connectivity index (χ0v) is 20.4. The van der Waals surface area contributed by atoms with Gasteiger partial charge in [-0.1, -0.05) is 30.3 Å². The Bertz CT molecular complexity index is 1150. The number of benzene rings is 3. The number of fused-ring (bicyclic) bond motifs is 3. The average Bonchev–Trinajstić information content (AvgIpc) is 2.92. The second-order valence-corrected chi connectivity index (χ2v) is 9.23. The highest BCUT2D eigenvalue weighted by atomic mass is 16.5. The van der Waals surface area contributed by atoms with Crippen LogP contribution >= 0.6 is 0 Å². The summed E-state index contributed by atoms with van der Waals surface area (Å²) < 4.78 is 10.6. The Morgan fingerprint density at radius 1 is 0.914 bits per heavy atom. The first kappa shape index (κ1) is 23.1. The van der Waals surface area contributed by atoms with Crippen molar-refractivity contribution >= 4 is 17.3 Å². The third-order valence-corrected chi connectivity index (χ3v) is 7.27. The lowest BCUT2D eigenvalue weighted by Gasteiger charge is -2.49. The van der Waals surface area contributed by atoms with Gasteiger partial charge in [-0.25, -0.2) is 0 Å². The third kappa shape index (κ3) is 4.92. The molecule has 35 heavy (non-hydrogen) atoms. The van der Waals surface area contributed by atoms with Crippen molar-refractivity contribution in [3.8, 4) is 11.5 Å². The largest absolute Gasteiger partial charge is 0.497 e. The van der Waals surface area contributed by atoms with E-state index in [0.717, 1.165) is 44.0 Å². The summed E-state index contributed by atoms with van der Waals surface area (Å²) in [7, 11) is 3.35. The van der Waals surface area contributed by atoms with Crippen molar-refractivity contribution in [1.29, 1.82) is 0 Å². The van der Waals surface area contributed by atoms with E-state index in [0.29, 0.717) is 6.54 Å². The summed E-state index contributed by atoms with van der Waals surface area (Å²) in [4.78, 5) is 18.3. The molecule has 3 aromatic rings. The minimum atomic E-state index is -0.0955. The molecule has 1 amide bonds. The van der Waals surface area contributed by atoms with Gasteiger partial charge in [0, 0.05) is 37.6 Å². The van der Waals surface area contributed by atoms with Crippen LogP contribution in [-0.2, 0) is 17.6 Å². The Labute approximate surface area is 207 Å². The van der Waals surface area contributed by atoms with Gasteiger partial charge in [-0.3, -0.25) is 4.79 Å². The first-order valence-corrected chi connectivity index (χ1v) is 12.3. The molecule has 1 fully saturated rings. The monoisotopic (exact) mass is 471 g/mol. The van der Waals surface area contributed by atoms with Crippen molar-refractivity contribution in [1.82, 2.24) is 5.32 Å². The van der Waals surface area contributed by atoms with E-state index >= 15 is 0 Å². The number of nitrogens with zero attached hydrogens (tertiary/aromatic N) is 2. The van der Waals surface area contributed by atoms with Gasteiger partial charge >= 0.3 is 0 Å². The topological polar surface area (TPSA) is 54.0 Å². The van der Waals surface area contributed by atoms with Crippen LogP contribution < -0.4 is 24.6 Å². The molecule has 6 nitrogen and oxygen atoms in total. The molecule has 2 atom stereocenters. The highest BCUT2D eigenvalue weighted by Gasteiger charge is 2.41. The molecule has 1 saturated heterocycles. The molecule has 2 unspecified atom stereocenters. The molecule has 182 valence electrons. The van der Waals surface area contributed by atoms with Crippen LogP contribution in [0.4, 0.5) is 11.4 Å². The van der Waals surface area contributed by atoms with Crippen molar-refractivity contribution in [3.05, 3.63) is 83.9 Å². The van der Waals surface area contributed by atoms with E-state index in [4.69, 9.17) is 9.47 Å². The maximum absolute atomic E-state index is 13.5. The molecule has 0 aliphatic carbocycles. The normalized spacial score (nSPS) is 18.9. The van der Waals surface area contributed by atoms with Gasteiger partial charge in [-0.05, 0) is 66.4 Å². The quantitative estimate of drug-likeness (QED) is 0.566. The van der Waals surface area contributed by atoms with Crippen LogP contribution in [0.25, 0.3) is 0 Å². The molecule has 0 bridgehead atoms. The summed E-state index contributed by atoms with van der Waals surface area (Å²) in [6.45, 7) is 3.25. The summed E-state index contributed by atoms with van der Waals surface area (Å²) in [5.41, 5.74) is 4.89. The summed E-state index contributed by atoms with van der Waals surface area (Å²) in [5, 5.41) is 3.23. The van der Waals surface area contributed by atoms with Crippen molar-refractivity contribution in [2.75, 3.05) is 50.2 Å². The number of hydrogen-bond acceptors (Lipinski definition) is 5. The Kier molecular flexibility index (Phi) is 6.80. The van der Waals surface area contributed by atoms with Crippen molar-refractivity contribution in [2.45, 2.75) is 18.9 Å². The van der Waals surface area contributed by atoms with Crippen LogP contribution in [0.5, 0.6) is 11.5 Å². The van der Waals surface area contributed by atoms with Gasteiger partial charge in [0.15, 0.2) is 0 Å². The fourth-order valence-electron chi connectivity index (χ4n) is 5.34. The summed E-state index contributed by atoms with van der Waals surface area (Å²) in [6.07, 6.45) is 1.56. The lowest BCUT2D eigenvalue weighted by Crippen LogP contribution is -2.61. The smallest absolute Gasteiger partial charge is 0.225 e. The number of piperazine rings is 1. The number of nitrogens with one attached hydrogen (secondary N) is 1. The molecule has 5 rings (SSSR count).